The number of hydrogen-bond donors (Lipinski definition) is 1. The molecule has 3 rings (SSSR count). The van der Waals surface area contributed by atoms with E-state index in [-0.39, 0.29) is 16.8 Å². The molecule has 29 heavy (non-hydrogen) atoms. The van der Waals surface area contributed by atoms with Crippen LogP contribution in [0.2, 0.25) is 0 Å². The molecular formula is C22H28N2O4S. The maximum atomic E-state index is 13.0. The minimum absolute atomic E-state index is 0.172. The summed E-state index contributed by atoms with van der Waals surface area (Å²) in [7, 11) is -3.67. The lowest BCUT2D eigenvalue weighted by Gasteiger charge is -2.27. The van der Waals surface area contributed by atoms with Crippen LogP contribution >= 0.6 is 0 Å². The highest BCUT2D eigenvalue weighted by atomic mass is 32.2. The lowest BCUT2D eigenvalue weighted by molar-refractivity contribution is 0.0730. The van der Waals surface area contributed by atoms with Crippen molar-refractivity contribution < 1.29 is 17.9 Å². The number of hydrogen-bond acceptors (Lipinski definition) is 4. The number of amides is 1. The van der Waals surface area contributed by atoms with Crippen LogP contribution in [0.25, 0.3) is 0 Å². The normalized spacial score (nSPS) is 16.4. The number of rotatable bonds is 5. The van der Waals surface area contributed by atoms with E-state index < -0.39 is 10.0 Å². The molecule has 156 valence electrons. The van der Waals surface area contributed by atoms with Gasteiger partial charge < -0.3 is 10.1 Å². The molecule has 1 saturated heterocycles. The van der Waals surface area contributed by atoms with E-state index in [0.29, 0.717) is 37.4 Å². The molecule has 0 unspecified atom stereocenters. The Morgan fingerprint density at radius 3 is 2.38 bits per heavy atom. The third kappa shape index (κ3) is 4.69. The van der Waals surface area contributed by atoms with Crippen LogP contribution in [-0.4, -0.2) is 44.9 Å². The second-order valence-electron chi connectivity index (χ2n) is 7.55. The van der Waals surface area contributed by atoms with Crippen molar-refractivity contribution in [3.05, 3.63) is 64.2 Å². The Hall–Kier alpha value is -2.22. The fourth-order valence-electron chi connectivity index (χ4n) is 3.61. The summed E-state index contributed by atoms with van der Waals surface area (Å²) in [6.45, 7) is 9.12. The van der Waals surface area contributed by atoms with Crippen molar-refractivity contribution in [3.63, 3.8) is 0 Å². The van der Waals surface area contributed by atoms with Gasteiger partial charge >= 0.3 is 0 Å². The van der Waals surface area contributed by atoms with E-state index in [2.05, 4.69) is 11.4 Å². The highest BCUT2D eigenvalue weighted by molar-refractivity contribution is 7.89. The Kier molecular flexibility index (Phi) is 6.41. The van der Waals surface area contributed by atoms with Crippen LogP contribution in [0.5, 0.6) is 0 Å². The second kappa shape index (κ2) is 8.65. The van der Waals surface area contributed by atoms with E-state index in [1.165, 1.54) is 15.9 Å². The van der Waals surface area contributed by atoms with Gasteiger partial charge in [0.25, 0.3) is 5.91 Å². The topological polar surface area (TPSA) is 75.7 Å². The Labute approximate surface area is 172 Å². The number of aryl methyl sites for hydroxylation is 3. The van der Waals surface area contributed by atoms with Crippen molar-refractivity contribution in [1.29, 1.82) is 0 Å². The van der Waals surface area contributed by atoms with Gasteiger partial charge in [-0.3, -0.25) is 4.79 Å². The van der Waals surface area contributed by atoms with Crippen LogP contribution in [0.15, 0.2) is 41.3 Å². The summed E-state index contributed by atoms with van der Waals surface area (Å²) in [6.07, 6.45) is 0. The molecular weight excluding hydrogens is 388 g/mol. The predicted octanol–water partition coefficient (Wildman–Crippen LogP) is 3.12. The van der Waals surface area contributed by atoms with Gasteiger partial charge in [0.05, 0.1) is 24.2 Å². The first-order chi connectivity index (χ1) is 13.7. The maximum Gasteiger partial charge on any atom is 0.251 e. The number of carbonyl (C=O) groups excluding carboxylic acids is 1. The van der Waals surface area contributed by atoms with Crippen LogP contribution in [0, 0.1) is 20.8 Å². The highest BCUT2D eigenvalue weighted by Crippen LogP contribution is 2.23. The number of nitrogens with zero attached hydrogens (tertiary/aromatic N) is 1. The summed E-state index contributed by atoms with van der Waals surface area (Å²) < 4.78 is 32.8. The SMILES string of the molecule is Cc1ccc([C@@H](C)NC(=O)c2ccc(C)c(S(=O)(=O)N3CCOCC3)c2)c(C)c1. The second-order valence-corrected chi connectivity index (χ2v) is 9.46. The first-order valence-electron chi connectivity index (χ1n) is 9.76. The molecule has 1 fully saturated rings. The van der Waals surface area contributed by atoms with Crippen molar-refractivity contribution in [2.24, 2.45) is 0 Å². The van der Waals surface area contributed by atoms with Crippen LogP contribution in [-0.2, 0) is 14.8 Å². The van der Waals surface area contributed by atoms with Crippen LogP contribution < -0.4 is 5.32 Å². The van der Waals surface area contributed by atoms with Gasteiger partial charge in [-0.1, -0.05) is 29.8 Å². The van der Waals surface area contributed by atoms with Gasteiger partial charge in [-0.15, -0.1) is 0 Å². The Morgan fingerprint density at radius 2 is 1.72 bits per heavy atom. The summed E-state index contributed by atoms with van der Waals surface area (Å²) >= 11 is 0. The quantitative estimate of drug-likeness (QED) is 0.813. The fraction of sp³-hybridized carbons (Fsp3) is 0.409. The smallest absolute Gasteiger partial charge is 0.251 e. The van der Waals surface area contributed by atoms with Gasteiger partial charge in [-0.05, 0) is 56.5 Å². The largest absolute Gasteiger partial charge is 0.379 e. The third-order valence-electron chi connectivity index (χ3n) is 5.28. The first-order valence-corrected chi connectivity index (χ1v) is 11.2. The molecule has 2 aromatic rings. The van der Waals surface area contributed by atoms with Crippen molar-refractivity contribution in [1.82, 2.24) is 9.62 Å². The van der Waals surface area contributed by atoms with Gasteiger partial charge in [-0.25, -0.2) is 8.42 Å². The summed E-state index contributed by atoms with van der Waals surface area (Å²) in [5.41, 5.74) is 4.27. The summed E-state index contributed by atoms with van der Waals surface area (Å²) in [6, 6.07) is 10.7. The van der Waals surface area contributed by atoms with Gasteiger partial charge in [0.15, 0.2) is 0 Å². The zero-order valence-electron chi connectivity index (χ0n) is 17.4. The molecule has 1 N–H and O–H groups in total. The number of sulfonamides is 1. The lowest BCUT2D eigenvalue weighted by atomic mass is 10.00. The molecule has 7 heteroatoms. The molecule has 0 radical (unpaired) electrons. The number of ether oxygens (including phenoxy) is 1. The molecule has 0 bridgehead atoms. The van der Waals surface area contributed by atoms with Crippen molar-refractivity contribution in [3.8, 4) is 0 Å². The summed E-state index contributed by atoms with van der Waals surface area (Å²) in [4.78, 5) is 13.0. The minimum Gasteiger partial charge on any atom is -0.379 e. The Bertz CT molecular complexity index is 1010. The van der Waals surface area contributed by atoms with Crippen LogP contribution in [0.1, 0.15) is 45.6 Å². The van der Waals surface area contributed by atoms with Gasteiger partial charge in [0.2, 0.25) is 10.0 Å². The summed E-state index contributed by atoms with van der Waals surface area (Å²) in [5, 5.41) is 2.98. The third-order valence-corrected chi connectivity index (χ3v) is 7.32. The van der Waals surface area contributed by atoms with Crippen molar-refractivity contribution in [2.75, 3.05) is 26.3 Å². The summed E-state index contributed by atoms with van der Waals surface area (Å²) in [5.74, 6) is -0.295. The fourth-order valence-corrected chi connectivity index (χ4v) is 5.27. The molecule has 6 nitrogen and oxygen atoms in total. The molecule has 0 spiro atoms. The minimum atomic E-state index is -3.67. The Morgan fingerprint density at radius 1 is 1.03 bits per heavy atom. The monoisotopic (exact) mass is 416 g/mol. The number of morpholine rings is 1. The molecule has 1 heterocycles. The van der Waals surface area contributed by atoms with Gasteiger partial charge in [0.1, 0.15) is 0 Å². The molecule has 1 amide bonds. The molecule has 0 aromatic heterocycles. The van der Waals surface area contributed by atoms with Crippen LogP contribution in [0.3, 0.4) is 0 Å². The van der Waals surface area contributed by atoms with E-state index in [1.54, 1.807) is 19.1 Å². The molecule has 0 saturated carbocycles. The standard InChI is InChI=1S/C22H28N2O4S/c1-15-5-8-20(17(3)13-15)18(4)23-22(25)19-7-6-16(2)21(14-19)29(26,27)24-9-11-28-12-10-24/h5-8,13-14,18H,9-12H2,1-4H3,(H,23,25)/t18-/m1/s1. The van der Waals surface area contributed by atoms with Crippen molar-refractivity contribution in [2.45, 2.75) is 38.6 Å². The Balaban J connectivity index is 1.84. The average Bonchev–Trinajstić information content (AvgIpc) is 2.68. The van der Waals surface area contributed by atoms with Gasteiger partial charge in [-0.2, -0.15) is 4.31 Å². The molecule has 1 atom stereocenters. The first kappa shape index (κ1) is 21.5. The van der Waals surface area contributed by atoms with Crippen LogP contribution in [0.4, 0.5) is 0 Å². The zero-order valence-corrected chi connectivity index (χ0v) is 18.2. The predicted molar refractivity (Wildman–Crippen MR) is 113 cm³/mol. The van der Waals surface area contributed by atoms with Gasteiger partial charge in [0, 0.05) is 18.7 Å². The van der Waals surface area contributed by atoms with E-state index in [9.17, 15) is 13.2 Å². The van der Waals surface area contributed by atoms with E-state index in [4.69, 9.17) is 4.74 Å². The maximum absolute atomic E-state index is 13.0. The zero-order chi connectivity index (χ0) is 21.2. The molecule has 1 aliphatic heterocycles. The number of carbonyl (C=O) groups is 1. The number of nitrogens with one attached hydrogen (secondary N) is 1. The van der Waals surface area contributed by atoms with E-state index in [0.717, 1.165) is 11.1 Å². The highest BCUT2D eigenvalue weighted by Gasteiger charge is 2.28. The van der Waals surface area contributed by atoms with E-state index in [1.807, 2.05) is 32.9 Å². The average molecular weight is 417 g/mol. The van der Waals surface area contributed by atoms with E-state index >= 15 is 0 Å². The molecule has 2 aromatic carbocycles. The molecule has 1 aliphatic rings. The number of benzene rings is 2. The lowest BCUT2D eigenvalue weighted by Crippen LogP contribution is -2.41. The molecule has 0 aliphatic carbocycles. The van der Waals surface area contributed by atoms with Crippen molar-refractivity contribution >= 4 is 15.9 Å².